The van der Waals surface area contributed by atoms with Crippen molar-refractivity contribution in [3.63, 3.8) is 0 Å². The SMILES string of the molecule is COC(C)(C)CC(C)NCCc1nc(C)cs1. The highest BCUT2D eigenvalue weighted by atomic mass is 32.1. The first-order valence-corrected chi connectivity index (χ1v) is 7.00. The summed E-state index contributed by atoms with van der Waals surface area (Å²) in [6.07, 6.45) is 2.02. The molecule has 3 nitrogen and oxygen atoms in total. The van der Waals surface area contributed by atoms with Gasteiger partial charge < -0.3 is 10.1 Å². The molecule has 0 aliphatic heterocycles. The number of thiazole rings is 1. The number of nitrogens with zero attached hydrogens (tertiary/aromatic N) is 1. The second kappa shape index (κ2) is 6.47. The molecule has 0 aliphatic rings. The lowest BCUT2D eigenvalue weighted by atomic mass is 10.00. The van der Waals surface area contributed by atoms with E-state index in [-0.39, 0.29) is 5.60 Å². The molecule has 4 heteroatoms. The van der Waals surface area contributed by atoms with Crippen LogP contribution < -0.4 is 5.32 Å². The van der Waals surface area contributed by atoms with E-state index in [1.54, 1.807) is 18.4 Å². The van der Waals surface area contributed by atoms with Crippen LogP contribution in [-0.2, 0) is 11.2 Å². The minimum atomic E-state index is -0.0514. The Kier molecular flexibility index (Phi) is 5.56. The fraction of sp³-hybridized carbons (Fsp3) is 0.769. The zero-order chi connectivity index (χ0) is 12.9. The first-order valence-electron chi connectivity index (χ1n) is 6.12. The lowest BCUT2D eigenvalue weighted by Gasteiger charge is -2.27. The van der Waals surface area contributed by atoms with E-state index in [0.29, 0.717) is 6.04 Å². The Hall–Kier alpha value is -0.450. The average Bonchev–Trinajstić information content (AvgIpc) is 2.63. The second-order valence-corrected chi connectivity index (χ2v) is 6.10. The topological polar surface area (TPSA) is 34.1 Å². The Morgan fingerprint density at radius 1 is 1.53 bits per heavy atom. The van der Waals surface area contributed by atoms with Crippen molar-refractivity contribution in [2.24, 2.45) is 0 Å². The minimum absolute atomic E-state index is 0.0514. The molecule has 0 saturated heterocycles. The van der Waals surface area contributed by atoms with E-state index < -0.39 is 0 Å². The van der Waals surface area contributed by atoms with Crippen molar-refractivity contribution in [1.29, 1.82) is 0 Å². The van der Waals surface area contributed by atoms with E-state index in [4.69, 9.17) is 4.74 Å². The predicted molar refractivity (Wildman–Crippen MR) is 73.7 cm³/mol. The summed E-state index contributed by atoms with van der Waals surface area (Å²) in [5.74, 6) is 0. The summed E-state index contributed by atoms with van der Waals surface area (Å²) in [5.41, 5.74) is 1.07. The van der Waals surface area contributed by atoms with Crippen LogP contribution in [0.4, 0.5) is 0 Å². The van der Waals surface area contributed by atoms with Crippen molar-refractivity contribution in [2.75, 3.05) is 13.7 Å². The number of methoxy groups -OCH3 is 1. The highest BCUT2D eigenvalue weighted by Gasteiger charge is 2.19. The lowest BCUT2D eigenvalue weighted by molar-refractivity contribution is 0.00865. The zero-order valence-corrected chi connectivity index (χ0v) is 12.4. The molecule has 1 heterocycles. The van der Waals surface area contributed by atoms with Gasteiger partial charge in [-0.25, -0.2) is 4.98 Å². The molecule has 1 unspecified atom stereocenters. The predicted octanol–water partition coefficient (Wildman–Crippen LogP) is 2.79. The van der Waals surface area contributed by atoms with Gasteiger partial charge in [-0.1, -0.05) is 0 Å². The van der Waals surface area contributed by atoms with Gasteiger partial charge in [0.25, 0.3) is 0 Å². The molecular weight excluding hydrogens is 232 g/mol. The smallest absolute Gasteiger partial charge is 0.0940 e. The van der Waals surface area contributed by atoms with Crippen molar-refractivity contribution in [2.45, 2.75) is 52.2 Å². The summed E-state index contributed by atoms with van der Waals surface area (Å²) in [7, 11) is 1.77. The van der Waals surface area contributed by atoms with E-state index >= 15 is 0 Å². The zero-order valence-electron chi connectivity index (χ0n) is 11.5. The van der Waals surface area contributed by atoms with Crippen molar-refractivity contribution < 1.29 is 4.74 Å². The molecule has 0 spiro atoms. The van der Waals surface area contributed by atoms with Crippen LogP contribution >= 0.6 is 11.3 Å². The third-order valence-electron chi connectivity index (χ3n) is 2.85. The van der Waals surface area contributed by atoms with Crippen LogP contribution in [0.15, 0.2) is 5.38 Å². The molecule has 0 amide bonds. The number of rotatable bonds is 7. The number of aryl methyl sites for hydroxylation is 1. The maximum absolute atomic E-state index is 5.43. The van der Waals surface area contributed by atoms with Crippen LogP contribution in [0.1, 0.15) is 37.9 Å². The molecular formula is C13H24N2OS. The Labute approximate surface area is 109 Å². The quantitative estimate of drug-likeness (QED) is 0.814. The van der Waals surface area contributed by atoms with Gasteiger partial charge in [0.1, 0.15) is 0 Å². The first-order chi connectivity index (χ1) is 7.93. The molecule has 1 aromatic rings. The highest BCUT2D eigenvalue weighted by Crippen LogP contribution is 2.15. The molecule has 1 N–H and O–H groups in total. The molecule has 98 valence electrons. The van der Waals surface area contributed by atoms with Crippen molar-refractivity contribution in [3.8, 4) is 0 Å². The van der Waals surface area contributed by atoms with Gasteiger partial charge in [-0.15, -0.1) is 11.3 Å². The molecule has 0 fully saturated rings. The third-order valence-corrected chi connectivity index (χ3v) is 3.88. The van der Waals surface area contributed by atoms with Gasteiger partial charge in [0.2, 0.25) is 0 Å². The lowest BCUT2D eigenvalue weighted by Crippen LogP contribution is -2.36. The molecule has 0 radical (unpaired) electrons. The van der Waals surface area contributed by atoms with Gasteiger partial charge in [0.05, 0.1) is 10.6 Å². The van der Waals surface area contributed by atoms with Gasteiger partial charge in [-0.3, -0.25) is 0 Å². The molecule has 17 heavy (non-hydrogen) atoms. The van der Waals surface area contributed by atoms with Gasteiger partial charge in [-0.2, -0.15) is 0 Å². The van der Waals surface area contributed by atoms with Crippen LogP contribution in [0.2, 0.25) is 0 Å². The molecule has 0 saturated carbocycles. The van der Waals surface area contributed by atoms with Crippen LogP contribution in [0, 0.1) is 6.92 Å². The van der Waals surface area contributed by atoms with Gasteiger partial charge >= 0.3 is 0 Å². The Morgan fingerprint density at radius 2 is 2.24 bits per heavy atom. The summed E-state index contributed by atoms with van der Waals surface area (Å²) < 4.78 is 5.43. The van der Waals surface area contributed by atoms with Crippen LogP contribution in [0.25, 0.3) is 0 Å². The normalized spacial score (nSPS) is 13.9. The first kappa shape index (κ1) is 14.6. The summed E-state index contributed by atoms with van der Waals surface area (Å²) in [5, 5.41) is 6.84. The molecule has 1 rings (SSSR count). The van der Waals surface area contributed by atoms with Gasteiger partial charge in [-0.05, 0) is 34.1 Å². The van der Waals surface area contributed by atoms with Crippen molar-refractivity contribution >= 4 is 11.3 Å². The molecule has 0 bridgehead atoms. The Balaban J connectivity index is 2.22. The van der Waals surface area contributed by atoms with Crippen molar-refractivity contribution in [3.05, 3.63) is 16.1 Å². The summed E-state index contributed by atoms with van der Waals surface area (Å²) in [4.78, 5) is 4.45. The van der Waals surface area contributed by atoms with Crippen molar-refractivity contribution in [1.82, 2.24) is 10.3 Å². The third kappa shape index (κ3) is 5.61. The molecule has 0 aromatic carbocycles. The number of hydrogen-bond donors (Lipinski definition) is 1. The summed E-state index contributed by atoms with van der Waals surface area (Å²) in [6, 6.07) is 0.464. The number of hydrogen-bond acceptors (Lipinski definition) is 4. The van der Waals surface area contributed by atoms with E-state index in [1.807, 2.05) is 6.92 Å². The Bertz CT molecular complexity index is 336. The van der Waals surface area contributed by atoms with Crippen LogP contribution in [0.3, 0.4) is 0 Å². The fourth-order valence-corrected chi connectivity index (χ4v) is 2.61. The van der Waals surface area contributed by atoms with E-state index in [2.05, 4.69) is 36.5 Å². The maximum Gasteiger partial charge on any atom is 0.0940 e. The minimum Gasteiger partial charge on any atom is -0.379 e. The maximum atomic E-state index is 5.43. The monoisotopic (exact) mass is 256 g/mol. The Morgan fingerprint density at radius 3 is 2.76 bits per heavy atom. The number of aromatic nitrogens is 1. The number of ether oxygens (including phenoxy) is 1. The van der Waals surface area contributed by atoms with E-state index in [0.717, 1.165) is 25.1 Å². The summed E-state index contributed by atoms with van der Waals surface area (Å²) >= 11 is 1.74. The molecule has 1 atom stereocenters. The van der Waals surface area contributed by atoms with Crippen LogP contribution in [0.5, 0.6) is 0 Å². The van der Waals surface area contributed by atoms with Gasteiger partial charge in [0.15, 0.2) is 0 Å². The van der Waals surface area contributed by atoms with E-state index in [9.17, 15) is 0 Å². The second-order valence-electron chi connectivity index (χ2n) is 5.16. The molecule has 0 aliphatic carbocycles. The largest absolute Gasteiger partial charge is 0.379 e. The fourth-order valence-electron chi connectivity index (χ4n) is 1.84. The average molecular weight is 256 g/mol. The van der Waals surface area contributed by atoms with E-state index in [1.165, 1.54) is 5.01 Å². The summed E-state index contributed by atoms with van der Waals surface area (Å²) in [6.45, 7) is 9.46. The standard InChI is InChI=1S/C13H24N2OS/c1-10(8-13(3,4)16-5)14-7-6-12-15-11(2)9-17-12/h9-10,14H,6-8H2,1-5H3. The molecule has 1 aromatic heterocycles. The number of nitrogens with one attached hydrogen (secondary N) is 1. The van der Waals surface area contributed by atoms with Crippen LogP contribution in [-0.4, -0.2) is 30.3 Å². The van der Waals surface area contributed by atoms with Gasteiger partial charge in [0, 0.05) is 37.2 Å². The highest BCUT2D eigenvalue weighted by molar-refractivity contribution is 7.09.